The van der Waals surface area contributed by atoms with Gasteiger partial charge in [0.2, 0.25) is 11.8 Å². The van der Waals surface area contributed by atoms with Crippen molar-refractivity contribution < 1.29 is 9.59 Å². The second-order valence-corrected chi connectivity index (χ2v) is 7.68. The summed E-state index contributed by atoms with van der Waals surface area (Å²) in [5.41, 5.74) is 2.45. The molecule has 1 aromatic heterocycles. The summed E-state index contributed by atoms with van der Waals surface area (Å²) in [6.07, 6.45) is 2.19. The SMILES string of the molecule is CCCCN(CC(=O)Nc1cc(-c2ccccc2)nn1-c1ccc(Cl)cc1)C(=O)CC. The van der Waals surface area contributed by atoms with Crippen molar-refractivity contribution in [2.75, 3.05) is 18.4 Å². The Morgan fingerprint density at radius 2 is 1.77 bits per heavy atom. The number of benzene rings is 2. The van der Waals surface area contributed by atoms with Crippen LogP contribution in [0.1, 0.15) is 33.1 Å². The van der Waals surface area contributed by atoms with Gasteiger partial charge in [-0.25, -0.2) is 4.68 Å². The third-order valence-electron chi connectivity index (χ3n) is 4.89. The van der Waals surface area contributed by atoms with Crippen molar-refractivity contribution in [2.45, 2.75) is 33.1 Å². The molecule has 3 rings (SSSR count). The van der Waals surface area contributed by atoms with Crippen LogP contribution in [0.25, 0.3) is 16.9 Å². The van der Waals surface area contributed by atoms with Crippen LogP contribution in [-0.4, -0.2) is 39.6 Å². The summed E-state index contributed by atoms with van der Waals surface area (Å²) in [6.45, 7) is 4.45. The summed E-state index contributed by atoms with van der Waals surface area (Å²) in [5.74, 6) is 0.248. The van der Waals surface area contributed by atoms with Gasteiger partial charge in [-0.1, -0.05) is 62.2 Å². The van der Waals surface area contributed by atoms with Crippen molar-refractivity contribution in [1.82, 2.24) is 14.7 Å². The largest absolute Gasteiger partial charge is 0.333 e. The second-order valence-electron chi connectivity index (χ2n) is 7.24. The number of unbranched alkanes of at least 4 members (excludes halogenated alkanes) is 1. The standard InChI is InChI=1S/C24H27ClN4O2/c1-3-5-15-28(24(31)4-2)17-23(30)26-22-16-21(18-9-7-6-8-10-18)27-29(22)20-13-11-19(25)12-14-20/h6-14,16H,3-5,15,17H2,1-2H3,(H,26,30). The number of hydrogen-bond acceptors (Lipinski definition) is 3. The van der Waals surface area contributed by atoms with Gasteiger partial charge in [-0.2, -0.15) is 5.10 Å². The van der Waals surface area contributed by atoms with E-state index in [0.29, 0.717) is 23.8 Å². The average molecular weight is 439 g/mol. The van der Waals surface area contributed by atoms with Crippen LogP contribution in [0.3, 0.4) is 0 Å². The maximum atomic E-state index is 12.8. The van der Waals surface area contributed by atoms with E-state index in [9.17, 15) is 9.59 Å². The Morgan fingerprint density at radius 3 is 2.42 bits per heavy atom. The van der Waals surface area contributed by atoms with E-state index in [-0.39, 0.29) is 18.4 Å². The highest BCUT2D eigenvalue weighted by Gasteiger charge is 2.18. The van der Waals surface area contributed by atoms with E-state index >= 15 is 0 Å². The van der Waals surface area contributed by atoms with E-state index in [1.165, 1.54) is 0 Å². The van der Waals surface area contributed by atoms with Crippen LogP contribution in [0, 0.1) is 0 Å². The summed E-state index contributed by atoms with van der Waals surface area (Å²) in [4.78, 5) is 26.7. The molecule has 31 heavy (non-hydrogen) atoms. The number of amides is 2. The Balaban J connectivity index is 1.88. The molecule has 0 aliphatic rings. The number of aromatic nitrogens is 2. The van der Waals surface area contributed by atoms with Gasteiger partial charge in [0.1, 0.15) is 5.82 Å². The van der Waals surface area contributed by atoms with Crippen molar-refractivity contribution in [3.8, 4) is 16.9 Å². The molecule has 1 N–H and O–H groups in total. The van der Waals surface area contributed by atoms with Gasteiger partial charge in [-0.15, -0.1) is 0 Å². The minimum absolute atomic E-state index is 0.0130. The van der Waals surface area contributed by atoms with Crippen LogP contribution in [0.15, 0.2) is 60.7 Å². The first kappa shape index (κ1) is 22.6. The lowest BCUT2D eigenvalue weighted by atomic mass is 10.1. The molecule has 0 aliphatic carbocycles. The normalized spacial score (nSPS) is 10.7. The molecule has 0 atom stereocenters. The molecule has 0 radical (unpaired) electrons. The highest BCUT2D eigenvalue weighted by molar-refractivity contribution is 6.30. The van der Waals surface area contributed by atoms with Crippen LogP contribution in [0.2, 0.25) is 5.02 Å². The van der Waals surface area contributed by atoms with Crippen LogP contribution >= 0.6 is 11.6 Å². The molecule has 0 saturated carbocycles. The van der Waals surface area contributed by atoms with E-state index in [4.69, 9.17) is 16.7 Å². The molecule has 162 valence electrons. The number of nitrogens with zero attached hydrogens (tertiary/aromatic N) is 3. The summed E-state index contributed by atoms with van der Waals surface area (Å²) < 4.78 is 1.68. The average Bonchev–Trinajstić information content (AvgIpc) is 3.20. The lowest BCUT2D eigenvalue weighted by Gasteiger charge is -2.21. The van der Waals surface area contributed by atoms with Crippen LogP contribution in [0.5, 0.6) is 0 Å². The molecule has 2 amide bonds. The van der Waals surface area contributed by atoms with Gasteiger partial charge in [0, 0.05) is 29.6 Å². The van der Waals surface area contributed by atoms with Crippen LogP contribution in [-0.2, 0) is 9.59 Å². The van der Waals surface area contributed by atoms with Gasteiger partial charge in [0.05, 0.1) is 17.9 Å². The summed E-state index contributed by atoms with van der Waals surface area (Å²) in [6, 6.07) is 18.8. The molecule has 3 aromatic rings. The first-order valence-corrected chi connectivity index (χ1v) is 10.9. The predicted octanol–water partition coefficient (Wildman–Crippen LogP) is 5.17. The maximum Gasteiger partial charge on any atom is 0.245 e. The van der Waals surface area contributed by atoms with E-state index in [2.05, 4.69) is 12.2 Å². The molecular formula is C24H27ClN4O2. The molecular weight excluding hydrogens is 412 g/mol. The molecule has 0 saturated heterocycles. The number of carbonyl (C=O) groups excluding carboxylic acids is 2. The molecule has 7 heteroatoms. The highest BCUT2D eigenvalue weighted by atomic mass is 35.5. The van der Waals surface area contributed by atoms with Gasteiger partial charge < -0.3 is 10.2 Å². The first-order valence-electron chi connectivity index (χ1n) is 10.5. The first-order chi connectivity index (χ1) is 15.0. The number of halogens is 1. The van der Waals surface area contributed by atoms with Gasteiger partial charge in [-0.05, 0) is 30.7 Å². The van der Waals surface area contributed by atoms with E-state index in [1.54, 1.807) is 28.6 Å². The number of anilines is 1. The van der Waals surface area contributed by atoms with Gasteiger partial charge in [-0.3, -0.25) is 9.59 Å². The summed E-state index contributed by atoms with van der Waals surface area (Å²) in [5, 5.41) is 8.25. The molecule has 0 aliphatic heterocycles. The zero-order chi connectivity index (χ0) is 22.2. The number of hydrogen-bond donors (Lipinski definition) is 1. The van der Waals surface area contributed by atoms with Gasteiger partial charge in [0.25, 0.3) is 0 Å². The number of carbonyl (C=O) groups is 2. The second kappa shape index (κ2) is 10.8. The number of rotatable bonds is 9. The minimum atomic E-state index is -0.257. The molecule has 0 spiro atoms. The maximum absolute atomic E-state index is 12.8. The van der Waals surface area contributed by atoms with Gasteiger partial charge >= 0.3 is 0 Å². The van der Waals surface area contributed by atoms with Crippen LogP contribution in [0.4, 0.5) is 5.82 Å². The molecule has 0 bridgehead atoms. The molecule has 0 unspecified atom stereocenters. The lowest BCUT2D eigenvalue weighted by Crippen LogP contribution is -2.38. The van der Waals surface area contributed by atoms with Crippen molar-refractivity contribution in [1.29, 1.82) is 0 Å². The van der Waals surface area contributed by atoms with Gasteiger partial charge in [0.15, 0.2) is 0 Å². The molecule has 2 aromatic carbocycles. The Morgan fingerprint density at radius 1 is 1.06 bits per heavy atom. The molecule has 6 nitrogen and oxygen atoms in total. The van der Waals surface area contributed by atoms with E-state index < -0.39 is 0 Å². The third-order valence-corrected chi connectivity index (χ3v) is 5.14. The monoisotopic (exact) mass is 438 g/mol. The fourth-order valence-electron chi connectivity index (χ4n) is 3.22. The minimum Gasteiger partial charge on any atom is -0.333 e. The zero-order valence-electron chi connectivity index (χ0n) is 17.8. The van der Waals surface area contributed by atoms with Crippen molar-refractivity contribution in [2.24, 2.45) is 0 Å². The number of nitrogens with one attached hydrogen (secondary N) is 1. The van der Waals surface area contributed by atoms with Crippen LogP contribution < -0.4 is 5.32 Å². The summed E-state index contributed by atoms with van der Waals surface area (Å²) in [7, 11) is 0. The van der Waals surface area contributed by atoms with Crippen molar-refractivity contribution >= 4 is 29.2 Å². The smallest absolute Gasteiger partial charge is 0.245 e. The Labute approximate surface area is 187 Å². The quantitative estimate of drug-likeness (QED) is 0.501. The summed E-state index contributed by atoms with van der Waals surface area (Å²) >= 11 is 6.03. The lowest BCUT2D eigenvalue weighted by molar-refractivity contribution is -0.134. The highest BCUT2D eigenvalue weighted by Crippen LogP contribution is 2.25. The fourth-order valence-corrected chi connectivity index (χ4v) is 3.35. The fraction of sp³-hybridized carbons (Fsp3) is 0.292. The third kappa shape index (κ3) is 5.95. The predicted molar refractivity (Wildman–Crippen MR) is 124 cm³/mol. The van der Waals surface area contributed by atoms with Crippen molar-refractivity contribution in [3.05, 3.63) is 65.7 Å². The Hall–Kier alpha value is -3.12. The van der Waals surface area contributed by atoms with E-state index in [1.807, 2.05) is 48.5 Å². The van der Waals surface area contributed by atoms with Crippen molar-refractivity contribution in [3.63, 3.8) is 0 Å². The zero-order valence-corrected chi connectivity index (χ0v) is 18.6. The molecule has 1 heterocycles. The molecule has 0 fully saturated rings. The van der Waals surface area contributed by atoms with E-state index in [0.717, 1.165) is 29.8 Å². The Bertz CT molecular complexity index is 1020. The topological polar surface area (TPSA) is 67.2 Å². The Kier molecular flexibility index (Phi) is 7.84.